The molecule has 0 saturated heterocycles. The van der Waals surface area contributed by atoms with Crippen LogP contribution >= 0.6 is 0 Å². The van der Waals surface area contributed by atoms with E-state index in [1.165, 1.54) is 37.0 Å². The van der Waals surface area contributed by atoms with Crippen LogP contribution in [0.2, 0.25) is 0 Å². The molecule has 0 aliphatic rings. The molecule has 0 aliphatic carbocycles. The molecule has 4 aromatic rings. The van der Waals surface area contributed by atoms with E-state index in [4.69, 9.17) is 4.11 Å². The van der Waals surface area contributed by atoms with Gasteiger partial charge in [-0.3, -0.25) is 9.78 Å². The van der Waals surface area contributed by atoms with Crippen LogP contribution in [0.15, 0.2) is 24.4 Å². The Bertz CT molecular complexity index is 1220. The highest BCUT2D eigenvalue weighted by Gasteiger charge is 2.17. The molecule has 7 heteroatoms. The van der Waals surface area contributed by atoms with E-state index in [2.05, 4.69) is 20.3 Å². The van der Waals surface area contributed by atoms with Gasteiger partial charge in [0.15, 0.2) is 5.78 Å². The highest BCUT2D eigenvalue weighted by atomic mass is 19.1. The van der Waals surface area contributed by atoms with Crippen LogP contribution in [0.3, 0.4) is 0 Å². The number of halogens is 1. The predicted octanol–water partition coefficient (Wildman–Crippen LogP) is 3.16. The molecular weight excluding hydrogens is 309 g/mol. The first-order valence-corrected chi connectivity index (χ1v) is 7.19. The Hall–Kier alpha value is -3.09. The number of benzene rings is 1. The van der Waals surface area contributed by atoms with Crippen LogP contribution in [-0.4, -0.2) is 30.7 Å². The lowest BCUT2D eigenvalue weighted by molar-refractivity contribution is 0.101. The van der Waals surface area contributed by atoms with Crippen LogP contribution < -0.4 is 0 Å². The maximum absolute atomic E-state index is 14.9. The molecule has 1 N–H and O–H groups in total. The lowest BCUT2D eigenvalue weighted by Crippen LogP contribution is -1.96. The molecule has 0 aliphatic heterocycles. The predicted molar refractivity (Wildman–Crippen MR) is 88.3 cm³/mol. The summed E-state index contributed by atoms with van der Waals surface area (Å²) in [6, 6.07) is 4.45. The molecule has 3 aromatic heterocycles. The van der Waals surface area contributed by atoms with Crippen molar-refractivity contribution in [2.75, 3.05) is 0 Å². The average Bonchev–Trinajstić information content (AvgIpc) is 3.13. The molecule has 0 bridgehead atoms. The highest BCUT2D eigenvalue weighted by molar-refractivity contribution is 6.07. The van der Waals surface area contributed by atoms with Crippen molar-refractivity contribution >= 4 is 27.7 Å². The van der Waals surface area contributed by atoms with Gasteiger partial charge < -0.3 is 4.98 Å². The van der Waals surface area contributed by atoms with Crippen LogP contribution in [0.4, 0.5) is 4.39 Å². The van der Waals surface area contributed by atoms with Gasteiger partial charge in [0.1, 0.15) is 5.82 Å². The number of Topliss-reactive ketones (excluding diaryl/α,β-unsaturated/α-hetero) is 1. The number of carbonyl (C=O) groups is 1. The third kappa shape index (κ3) is 2.01. The largest absolute Gasteiger partial charge is 0.353 e. The number of ketones is 1. The Balaban J connectivity index is 1.99. The molecule has 0 amide bonds. The fourth-order valence-electron chi connectivity index (χ4n) is 2.83. The number of carbonyl (C=O) groups excluding carboxylic acids is 1. The third-order valence-electron chi connectivity index (χ3n) is 4.01. The van der Waals surface area contributed by atoms with Gasteiger partial charge in [0.2, 0.25) is 0 Å². The second-order valence-electron chi connectivity index (χ2n) is 5.59. The van der Waals surface area contributed by atoms with Gasteiger partial charge in [-0.1, -0.05) is 5.21 Å². The lowest BCUT2D eigenvalue weighted by Gasteiger charge is -2.05. The van der Waals surface area contributed by atoms with E-state index in [1.54, 1.807) is 6.07 Å². The Kier molecular flexibility index (Phi) is 2.36. The quantitative estimate of drug-likeness (QED) is 0.574. The van der Waals surface area contributed by atoms with Crippen molar-refractivity contribution in [2.24, 2.45) is 7.05 Å². The first-order chi connectivity index (χ1) is 12.7. The normalized spacial score (nSPS) is 13.9. The van der Waals surface area contributed by atoms with E-state index >= 15 is 0 Å². The van der Waals surface area contributed by atoms with Crippen LogP contribution in [0.1, 0.15) is 27.1 Å². The van der Waals surface area contributed by atoms with Gasteiger partial charge in [-0.2, -0.15) is 0 Å². The van der Waals surface area contributed by atoms with E-state index in [1.807, 2.05) is 0 Å². The minimum atomic E-state index is -2.52. The van der Waals surface area contributed by atoms with Gasteiger partial charge in [0, 0.05) is 39.4 Å². The Labute approximate surface area is 140 Å². The molecule has 1 aromatic carbocycles. The number of pyridine rings is 1. The third-order valence-corrected chi connectivity index (χ3v) is 4.01. The number of rotatable bonds is 2. The molecule has 3 heterocycles. The van der Waals surface area contributed by atoms with Crippen LogP contribution in [0, 0.1) is 12.7 Å². The van der Waals surface area contributed by atoms with Gasteiger partial charge in [-0.05, 0) is 32.0 Å². The van der Waals surface area contributed by atoms with Crippen molar-refractivity contribution in [2.45, 2.75) is 13.8 Å². The molecule has 0 saturated carbocycles. The SMILES string of the molecule is [2H]C([2H])([2H])c1nnn(C)c1-c1cc2[nH]c3cc(C(C)=O)cnc3c2cc1F. The van der Waals surface area contributed by atoms with Gasteiger partial charge in [-0.25, -0.2) is 9.07 Å². The maximum atomic E-state index is 14.9. The molecule has 0 fully saturated rings. The number of aromatic amines is 1. The molecule has 0 spiro atoms. The van der Waals surface area contributed by atoms with E-state index in [0.29, 0.717) is 27.5 Å². The van der Waals surface area contributed by atoms with Crippen molar-refractivity contribution in [1.82, 2.24) is 25.0 Å². The van der Waals surface area contributed by atoms with Crippen molar-refractivity contribution in [3.63, 3.8) is 0 Å². The molecule has 0 radical (unpaired) electrons. The highest BCUT2D eigenvalue weighted by Crippen LogP contribution is 2.32. The zero-order valence-electron chi connectivity index (χ0n) is 15.9. The van der Waals surface area contributed by atoms with Gasteiger partial charge >= 0.3 is 0 Å². The van der Waals surface area contributed by atoms with Crippen molar-refractivity contribution in [1.29, 1.82) is 0 Å². The standard InChI is InChI=1S/C17H14FN5O/c1-8-17(23(3)22-21-8)11-6-14-12(5-13(11)18)16-15(20-14)4-10(7-19-16)9(2)24/h4-7,20H,1-3H3/i1D3. The molecule has 6 nitrogen and oxygen atoms in total. The van der Waals surface area contributed by atoms with Crippen LogP contribution in [0.25, 0.3) is 33.2 Å². The summed E-state index contributed by atoms with van der Waals surface area (Å²) in [6.07, 6.45) is 1.45. The minimum Gasteiger partial charge on any atom is -0.353 e. The molecule has 120 valence electrons. The van der Waals surface area contributed by atoms with Gasteiger partial charge in [0.25, 0.3) is 0 Å². The lowest BCUT2D eigenvalue weighted by atomic mass is 10.1. The van der Waals surface area contributed by atoms with Gasteiger partial charge in [0.05, 0.1) is 22.4 Å². The molecule has 24 heavy (non-hydrogen) atoms. The summed E-state index contributed by atoms with van der Waals surface area (Å²) in [5.74, 6) is -0.741. The number of fused-ring (bicyclic) bond motifs is 3. The molecule has 4 rings (SSSR count). The summed E-state index contributed by atoms with van der Waals surface area (Å²) in [5.41, 5.74) is 2.01. The number of hydrogen-bond donors (Lipinski definition) is 1. The first kappa shape index (κ1) is 11.4. The molecule has 0 atom stereocenters. The number of aryl methyl sites for hydroxylation is 2. The summed E-state index contributed by atoms with van der Waals surface area (Å²) in [7, 11) is 1.51. The minimum absolute atomic E-state index is 0.0690. The number of aromatic nitrogens is 5. The summed E-state index contributed by atoms with van der Waals surface area (Å²) in [6.45, 7) is -1.08. The van der Waals surface area contributed by atoms with E-state index < -0.39 is 12.7 Å². The summed E-state index contributed by atoms with van der Waals surface area (Å²) in [5, 5.41) is 7.95. The fourth-order valence-corrected chi connectivity index (χ4v) is 2.83. The van der Waals surface area contributed by atoms with Gasteiger partial charge in [-0.15, -0.1) is 5.10 Å². The van der Waals surface area contributed by atoms with E-state index in [9.17, 15) is 9.18 Å². The monoisotopic (exact) mass is 326 g/mol. The van der Waals surface area contributed by atoms with Crippen molar-refractivity contribution in [3.05, 3.63) is 41.5 Å². The summed E-state index contributed by atoms with van der Waals surface area (Å²) in [4.78, 5) is 18.9. The molecular formula is C17H14FN5O. The average molecular weight is 326 g/mol. The number of hydrogen-bond acceptors (Lipinski definition) is 4. The second-order valence-corrected chi connectivity index (χ2v) is 5.59. The summed E-state index contributed by atoms with van der Waals surface area (Å²) < 4.78 is 39.0. The Morgan fingerprint density at radius 1 is 1.33 bits per heavy atom. The van der Waals surface area contributed by atoms with E-state index in [0.717, 1.165) is 0 Å². The second kappa shape index (κ2) is 4.95. The Morgan fingerprint density at radius 3 is 2.92 bits per heavy atom. The number of H-pyrrole nitrogens is 1. The number of nitrogens with one attached hydrogen (secondary N) is 1. The van der Waals surface area contributed by atoms with Crippen molar-refractivity contribution in [3.8, 4) is 11.3 Å². The number of nitrogens with zero attached hydrogens (tertiary/aromatic N) is 4. The first-order valence-electron chi connectivity index (χ1n) is 8.69. The van der Waals surface area contributed by atoms with Crippen LogP contribution in [-0.2, 0) is 7.05 Å². The van der Waals surface area contributed by atoms with E-state index in [-0.39, 0.29) is 22.7 Å². The topological polar surface area (TPSA) is 76.5 Å². The zero-order chi connectivity index (χ0) is 19.5. The fraction of sp³-hybridized carbons (Fsp3) is 0.176. The summed E-state index contributed by atoms with van der Waals surface area (Å²) >= 11 is 0. The van der Waals surface area contributed by atoms with Crippen LogP contribution in [0.5, 0.6) is 0 Å². The smallest absolute Gasteiger partial charge is 0.161 e. The maximum Gasteiger partial charge on any atom is 0.161 e. The Morgan fingerprint density at radius 2 is 2.17 bits per heavy atom. The van der Waals surface area contributed by atoms with Crippen molar-refractivity contribution < 1.29 is 13.3 Å². The zero-order valence-corrected chi connectivity index (χ0v) is 12.9. The molecule has 0 unspecified atom stereocenters.